The lowest BCUT2D eigenvalue weighted by Crippen LogP contribution is -2.61. The van der Waals surface area contributed by atoms with E-state index >= 15 is 0 Å². The Labute approximate surface area is 159 Å². The minimum absolute atomic E-state index is 0.0482. The van der Waals surface area contributed by atoms with Crippen LogP contribution >= 0.6 is 11.8 Å². The maximum atomic E-state index is 12.4. The third-order valence-electron chi connectivity index (χ3n) is 6.42. The number of hydrogen-bond acceptors (Lipinski definition) is 3. The van der Waals surface area contributed by atoms with Crippen LogP contribution in [0.5, 0.6) is 0 Å². The van der Waals surface area contributed by atoms with Gasteiger partial charge < -0.3 is 5.32 Å². The Morgan fingerprint density at radius 3 is 2.31 bits per heavy atom. The summed E-state index contributed by atoms with van der Waals surface area (Å²) >= 11 is 1.55. The van der Waals surface area contributed by atoms with Crippen LogP contribution in [0.3, 0.4) is 0 Å². The molecule has 2 N–H and O–H groups in total. The van der Waals surface area contributed by atoms with Crippen molar-refractivity contribution < 1.29 is 9.59 Å². The van der Waals surface area contributed by atoms with E-state index in [4.69, 9.17) is 0 Å². The number of rotatable bonds is 5. The zero-order valence-electron chi connectivity index (χ0n) is 15.4. The van der Waals surface area contributed by atoms with Crippen LogP contribution in [0, 0.1) is 24.7 Å². The van der Waals surface area contributed by atoms with Gasteiger partial charge in [0.1, 0.15) is 0 Å². The number of nitrogens with one attached hydrogen (secondary N) is 2. The highest BCUT2D eigenvalue weighted by Gasteiger charge is 2.51. The van der Waals surface area contributed by atoms with Gasteiger partial charge in [-0.15, -0.1) is 11.8 Å². The Bertz CT molecular complexity index is 668. The largest absolute Gasteiger partial charge is 0.332 e. The van der Waals surface area contributed by atoms with Crippen LogP contribution in [0.2, 0.25) is 0 Å². The third-order valence-corrected chi connectivity index (χ3v) is 7.40. The molecular formula is C21H28N2O2S. The number of amides is 3. The van der Waals surface area contributed by atoms with Gasteiger partial charge in [0.2, 0.25) is 5.91 Å². The van der Waals surface area contributed by atoms with E-state index in [0.717, 1.165) is 42.8 Å². The van der Waals surface area contributed by atoms with Crippen molar-refractivity contribution in [1.29, 1.82) is 0 Å². The van der Waals surface area contributed by atoms with E-state index in [-0.39, 0.29) is 17.5 Å². The lowest BCUT2D eigenvalue weighted by molar-refractivity contribution is -0.117. The predicted octanol–water partition coefficient (Wildman–Crippen LogP) is 4.02. The summed E-state index contributed by atoms with van der Waals surface area (Å²) in [5, 5.41) is 5.74. The van der Waals surface area contributed by atoms with Gasteiger partial charge in [0.15, 0.2) is 0 Å². The molecule has 26 heavy (non-hydrogen) atoms. The first-order valence-corrected chi connectivity index (χ1v) is 10.9. The molecular weight excluding hydrogens is 344 g/mol. The molecule has 5 rings (SSSR count). The molecule has 5 heteroatoms. The van der Waals surface area contributed by atoms with E-state index in [0.29, 0.717) is 5.75 Å². The van der Waals surface area contributed by atoms with Gasteiger partial charge in [0.25, 0.3) is 0 Å². The standard InChI is InChI=1S/C21H28N2O2S/c1-14-4-2-3-5-18(14)12-26-13-19(24)22-20(25)23-21-9-15-6-16(10-21)8-17(7-15)11-21/h2-5,15-17H,6-13H2,1H3,(H2,22,23,24,25). The van der Waals surface area contributed by atoms with Gasteiger partial charge in [-0.2, -0.15) is 0 Å². The second-order valence-corrected chi connectivity index (χ2v) is 9.61. The number of aryl methyl sites for hydroxylation is 1. The molecule has 0 unspecified atom stereocenters. The van der Waals surface area contributed by atoms with Crippen LogP contribution in [0.25, 0.3) is 0 Å². The fraction of sp³-hybridized carbons (Fsp3) is 0.619. The van der Waals surface area contributed by atoms with Gasteiger partial charge in [0.05, 0.1) is 5.75 Å². The highest BCUT2D eigenvalue weighted by molar-refractivity contribution is 7.99. The second-order valence-electron chi connectivity index (χ2n) is 8.62. The van der Waals surface area contributed by atoms with E-state index in [9.17, 15) is 9.59 Å². The van der Waals surface area contributed by atoms with Gasteiger partial charge in [0, 0.05) is 11.3 Å². The maximum Gasteiger partial charge on any atom is 0.321 e. The minimum atomic E-state index is -0.298. The molecule has 4 fully saturated rings. The molecule has 0 spiro atoms. The van der Waals surface area contributed by atoms with E-state index in [1.54, 1.807) is 11.8 Å². The summed E-state index contributed by atoms with van der Waals surface area (Å²) in [7, 11) is 0. The Kier molecular flexibility index (Phi) is 5.00. The molecule has 4 bridgehead atoms. The van der Waals surface area contributed by atoms with Crippen molar-refractivity contribution in [2.24, 2.45) is 17.8 Å². The first-order chi connectivity index (χ1) is 12.5. The molecule has 0 radical (unpaired) electrons. The topological polar surface area (TPSA) is 58.2 Å². The number of thioether (sulfide) groups is 1. The zero-order chi connectivity index (χ0) is 18.1. The van der Waals surface area contributed by atoms with E-state index in [1.807, 2.05) is 12.1 Å². The van der Waals surface area contributed by atoms with Gasteiger partial charge in [-0.05, 0) is 74.3 Å². The fourth-order valence-electron chi connectivity index (χ4n) is 5.72. The summed E-state index contributed by atoms with van der Waals surface area (Å²) < 4.78 is 0. The summed E-state index contributed by atoms with van der Waals surface area (Å²) in [6.07, 6.45) is 7.33. The van der Waals surface area contributed by atoms with Crippen LogP contribution in [0.4, 0.5) is 4.79 Å². The third kappa shape index (κ3) is 3.93. The number of imide groups is 1. The zero-order valence-corrected chi connectivity index (χ0v) is 16.2. The van der Waals surface area contributed by atoms with Crippen molar-refractivity contribution in [2.45, 2.75) is 56.7 Å². The summed E-state index contributed by atoms with van der Waals surface area (Å²) in [4.78, 5) is 24.5. The number of carbonyl (C=O) groups is 2. The minimum Gasteiger partial charge on any atom is -0.332 e. The number of carbonyl (C=O) groups excluding carboxylic acids is 2. The molecule has 0 heterocycles. The SMILES string of the molecule is Cc1ccccc1CSCC(=O)NC(=O)NC12CC3CC(CC(C3)C1)C2. The van der Waals surface area contributed by atoms with Crippen LogP contribution in [0.1, 0.15) is 49.7 Å². The molecule has 4 aliphatic rings. The van der Waals surface area contributed by atoms with Crippen LogP contribution in [0.15, 0.2) is 24.3 Å². The molecule has 4 nitrogen and oxygen atoms in total. The lowest BCUT2D eigenvalue weighted by atomic mass is 9.53. The first kappa shape index (κ1) is 17.9. The molecule has 1 aromatic carbocycles. The van der Waals surface area contributed by atoms with Gasteiger partial charge >= 0.3 is 6.03 Å². The fourth-order valence-corrected chi connectivity index (χ4v) is 6.63. The summed E-state index contributed by atoms with van der Waals surface area (Å²) in [5.74, 6) is 3.23. The smallest absolute Gasteiger partial charge is 0.321 e. The maximum absolute atomic E-state index is 12.4. The molecule has 0 aliphatic heterocycles. The Morgan fingerprint density at radius 2 is 1.69 bits per heavy atom. The molecule has 1 aromatic rings. The number of hydrogen-bond donors (Lipinski definition) is 2. The van der Waals surface area contributed by atoms with Gasteiger partial charge in [-0.1, -0.05) is 24.3 Å². The van der Waals surface area contributed by atoms with Crippen molar-refractivity contribution in [3.63, 3.8) is 0 Å². The quantitative estimate of drug-likeness (QED) is 0.821. The molecule has 4 aliphatic carbocycles. The normalized spacial score (nSPS) is 31.7. The second kappa shape index (κ2) is 7.26. The average molecular weight is 373 g/mol. The van der Waals surface area contributed by atoms with Gasteiger partial charge in [-0.3, -0.25) is 10.1 Å². The van der Waals surface area contributed by atoms with Crippen molar-refractivity contribution in [1.82, 2.24) is 10.6 Å². The highest BCUT2D eigenvalue weighted by Crippen LogP contribution is 2.55. The summed E-state index contributed by atoms with van der Waals surface area (Å²) in [5.41, 5.74) is 2.43. The van der Waals surface area contributed by atoms with Crippen LogP contribution in [-0.2, 0) is 10.5 Å². The first-order valence-electron chi connectivity index (χ1n) is 9.75. The van der Waals surface area contributed by atoms with E-state index in [1.165, 1.54) is 30.4 Å². The predicted molar refractivity (Wildman–Crippen MR) is 105 cm³/mol. The van der Waals surface area contributed by atoms with Crippen LogP contribution in [-0.4, -0.2) is 23.2 Å². The molecule has 3 amide bonds. The average Bonchev–Trinajstić information content (AvgIpc) is 2.54. The van der Waals surface area contributed by atoms with Crippen LogP contribution < -0.4 is 10.6 Å². The summed E-state index contributed by atoms with van der Waals surface area (Å²) in [6, 6.07) is 7.90. The Balaban J connectivity index is 1.23. The highest BCUT2D eigenvalue weighted by atomic mass is 32.2. The molecule has 140 valence electrons. The van der Waals surface area contributed by atoms with Crippen molar-refractivity contribution >= 4 is 23.7 Å². The molecule has 0 atom stereocenters. The molecule has 4 saturated carbocycles. The van der Waals surface area contributed by atoms with Crippen molar-refractivity contribution in [3.8, 4) is 0 Å². The Hall–Kier alpha value is -1.49. The molecule has 0 saturated heterocycles. The van der Waals surface area contributed by atoms with Crippen molar-refractivity contribution in [3.05, 3.63) is 35.4 Å². The monoisotopic (exact) mass is 372 g/mol. The van der Waals surface area contributed by atoms with Gasteiger partial charge in [-0.25, -0.2) is 4.79 Å². The Morgan fingerprint density at radius 1 is 1.08 bits per heavy atom. The molecule has 0 aromatic heterocycles. The van der Waals surface area contributed by atoms with E-state index in [2.05, 4.69) is 29.7 Å². The summed E-state index contributed by atoms with van der Waals surface area (Å²) in [6.45, 7) is 2.08. The van der Waals surface area contributed by atoms with Crippen molar-refractivity contribution in [2.75, 3.05) is 5.75 Å². The number of benzene rings is 1. The lowest BCUT2D eigenvalue weighted by Gasteiger charge is -2.56. The number of urea groups is 1. The van der Waals surface area contributed by atoms with E-state index < -0.39 is 0 Å².